The van der Waals surface area contributed by atoms with E-state index in [1.54, 1.807) is 7.05 Å². The van der Waals surface area contributed by atoms with Crippen molar-refractivity contribution in [2.24, 2.45) is 4.99 Å². The summed E-state index contributed by atoms with van der Waals surface area (Å²) in [6, 6.07) is 10.0. The van der Waals surface area contributed by atoms with E-state index < -0.39 is 0 Å². The first-order valence-electron chi connectivity index (χ1n) is 3.58. The highest BCUT2D eigenvalue weighted by Gasteiger charge is 1.95. The maximum atomic E-state index is 4.08. The molecule has 0 bridgehead atoms. The van der Waals surface area contributed by atoms with Crippen LogP contribution in [0.2, 0.25) is 0 Å². The van der Waals surface area contributed by atoms with Gasteiger partial charge in [0.05, 0.1) is 0 Å². The summed E-state index contributed by atoms with van der Waals surface area (Å²) in [5, 5.41) is 3.02. The molecule has 0 saturated heterocycles. The predicted octanol–water partition coefficient (Wildman–Crippen LogP) is 1.53. The molecule has 60 valence electrons. The number of nitrogens with zero attached hydrogens (tertiary/aromatic N) is 1. The van der Waals surface area contributed by atoms with Gasteiger partial charge in [-0.1, -0.05) is 30.3 Å². The Labute approximate surface area is 68.5 Å². The Bertz CT molecular complexity index is 244. The van der Waals surface area contributed by atoms with Gasteiger partial charge in [0.15, 0.2) is 0 Å². The van der Waals surface area contributed by atoms with Crippen LogP contribution in [0.5, 0.6) is 0 Å². The molecule has 0 saturated carbocycles. The lowest BCUT2D eigenvalue weighted by molar-refractivity contribution is 1.15. The van der Waals surface area contributed by atoms with Crippen LogP contribution in [0, 0.1) is 0 Å². The minimum absolute atomic E-state index is 0. The van der Waals surface area contributed by atoms with Gasteiger partial charge in [0, 0.05) is 21.1 Å². The van der Waals surface area contributed by atoms with Crippen molar-refractivity contribution in [3.8, 4) is 0 Å². The van der Waals surface area contributed by atoms with E-state index in [2.05, 4.69) is 10.3 Å². The van der Waals surface area contributed by atoms with Gasteiger partial charge in [-0.25, -0.2) is 0 Å². The van der Waals surface area contributed by atoms with Gasteiger partial charge >= 0.3 is 0 Å². The van der Waals surface area contributed by atoms with E-state index in [1.165, 1.54) is 0 Å². The fraction of sp³-hybridized carbons (Fsp3) is 0.222. The van der Waals surface area contributed by atoms with Crippen LogP contribution in [0.25, 0.3) is 0 Å². The summed E-state index contributed by atoms with van der Waals surface area (Å²) in [5.74, 6) is 0.922. The van der Waals surface area contributed by atoms with Crippen molar-refractivity contribution < 1.29 is 1.43 Å². The SMILES string of the molecule is CN=C(NC)c1ccccc1.[HH]. The molecule has 1 aromatic carbocycles. The van der Waals surface area contributed by atoms with Gasteiger partial charge in [0.25, 0.3) is 0 Å². The van der Waals surface area contributed by atoms with E-state index >= 15 is 0 Å². The summed E-state index contributed by atoms with van der Waals surface area (Å²) in [7, 11) is 3.65. The maximum Gasteiger partial charge on any atom is 0.127 e. The van der Waals surface area contributed by atoms with Crippen LogP contribution < -0.4 is 5.32 Å². The van der Waals surface area contributed by atoms with Crippen LogP contribution in [0.1, 0.15) is 6.99 Å². The fourth-order valence-electron chi connectivity index (χ4n) is 0.981. The van der Waals surface area contributed by atoms with Crippen molar-refractivity contribution >= 4 is 5.84 Å². The first-order chi connectivity index (χ1) is 5.38. The third kappa shape index (κ3) is 1.80. The summed E-state index contributed by atoms with van der Waals surface area (Å²) in [6.07, 6.45) is 0. The zero-order valence-corrected chi connectivity index (χ0v) is 6.83. The molecule has 0 fully saturated rings. The lowest BCUT2D eigenvalue weighted by Crippen LogP contribution is -2.18. The highest BCUT2D eigenvalue weighted by molar-refractivity contribution is 5.98. The lowest BCUT2D eigenvalue weighted by Gasteiger charge is -2.02. The molecule has 0 aliphatic carbocycles. The van der Waals surface area contributed by atoms with E-state index in [-0.39, 0.29) is 1.43 Å². The Balaban J connectivity index is 0.00000121. The molecule has 0 aromatic heterocycles. The third-order valence-electron chi connectivity index (χ3n) is 1.51. The molecule has 1 N–H and O–H groups in total. The standard InChI is InChI=1S/C9H12N2.H2/c1-10-9(11-2)8-6-4-3-5-7-8;/h3-7H,1-2H3,(H,10,11);1H. The van der Waals surface area contributed by atoms with Crippen molar-refractivity contribution in [1.82, 2.24) is 5.32 Å². The van der Waals surface area contributed by atoms with E-state index in [1.807, 2.05) is 37.4 Å². The summed E-state index contributed by atoms with van der Waals surface area (Å²) < 4.78 is 0. The van der Waals surface area contributed by atoms with Crippen LogP contribution in [0.15, 0.2) is 35.3 Å². The number of rotatable bonds is 1. The number of aliphatic imine (C=N–C) groups is 1. The van der Waals surface area contributed by atoms with Gasteiger partial charge in [-0.2, -0.15) is 0 Å². The molecule has 0 aliphatic rings. The maximum absolute atomic E-state index is 4.08. The molecule has 2 nitrogen and oxygen atoms in total. The molecule has 1 rings (SSSR count). The molecule has 0 heterocycles. The second kappa shape index (κ2) is 3.76. The highest BCUT2D eigenvalue weighted by atomic mass is 14.9. The zero-order valence-electron chi connectivity index (χ0n) is 6.83. The number of benzene rings is 1. The van der Waals surface area contributed by atoms with E-state index in [0.29, 0.717) is 0 Å². The molecule has 0 amide bonds. The monoisotopic (exact) mass is 150 g/mol. The number of amidine groups is 1. The minimum Gasteiger partial charge on any atom is -0.373 e. The molecule has 0 unspecified atom stereocenters. The predicted molar refractivity (Wildman–Crippen MR) is 50.1 cm³/mol. The summed E-state index contributed by atoms with van der Waals surface area (Å²) in [4.78, 5) is 4.08. The van der Waals surface area contributed by atoms with Crippen molar-refractivity contribution in [1.29, 1.82) is 0 Å². The van der Waals surface area contributed by atoms with Crippen molar-refractivity contribution in [2.75, 3.05) is 14.1 Å². The zero-order chi connectivity index (χ0) is 8.10. The van der Waals surface area contributed by atoms with Crippen LogP contribution >= 0.6 is 0 Å². The second-order valence-electron chi connectivity index (χ2n) is 2.19. The van der Waals surface area contributed by atoms with Crippen molar-refractivity contribution in [3.63, 3.8) is 0 Å². The molecular formula is C9H14N2. The van der Waals surface area contributed by atoms with Gasteiger partial charge in [-0.15, -0.1) is 0 Å². The Morgan fingerprint density at radius 2 is 2.00 bits per heavy atom. The molecule has 0 aliphatic heterocycles. The number of hydrogen-bond donors (Lipinski definition) is 1. The Morgan fingerprint density at radius 3 is 2.45 bits per heavy atom. The molecule has 0 atom stereocenters. The molecular weight excluding hydrogens is 136 g/mol. The Hall–Kier alpha value is -1.31. The lowest BCUT2D eigenvalue weighted by atomic mass is 10.2. The van der Waals surface area contributed by atoms with Gasteiger partial charge in [-0.05, 0) is 0 Å². The number of nitrogens with one attached hydrogen (secondary N) is 1. The van der Waals surface area contributed by atoms with Gasteiger partial charge in [0.2, 0.25) is 0 Å². The van der Waals surface area contributed by atoms with Gasteiger partial charge in [0.1, 0.15) is 5.84 Å². The van der Waals surface area contributed by atoms with Crippen LogP contribution in [0.4, 0.5) is 0 Å². The topological polar surface area (TPSA) is 24.4 Å². The summed E-state index contributed by atoms with van der Waals surface area (Å²) in [6.45, 7) is 0. The first-order valence-corrected chi connectivity index (χ1v) is 3.58. The fourth-order valence-corrected chi connectivity index (χ4v) is 0.981. The van der Waals surface area contributed by atoms with Gasteiger partial charge < -0.3 is 5.32 Å². The summed E-state index contributed by atoms with van der Waals surface area (Å²) in [5.41, 5.74) is 1.12. The third-order valence-corrected chi connectivity index (χ3v) is 1.51. The van der Waals surface area contributed by atoms with Crippen molar-refractivity contribution in [2.45, 2.75) is 0 Å². The first kappa shape index (κ1) is 7.79. The smallest absolute Gasteiger partial charge is 0.127 e. The second-order valence-corrected chi connectivity index (χ2v) is 2.19. The highest BCUT2D eigenvalue weighted by Crippen LogP contribution is 1.97. The normalized spacial score (nSPS) is 11.3. The van der Waals surface area contributed by atoms with Crippen LogP contribution in [-0.2, 0) is 0 Å². The largest absolute Gasteiger partial charge is 0.373 e. The average Bonchev–Trinajstić information content (AvgIpc) is 2.09. The van der Waals surface area contributed by atoms with Crippen LogP contribution in [-0.4, -0.2) is 19.9 Å². The van der Waals surface area contributed by atoms with E-state index in [0.717, 1.165) is 11.4 Å². The molecule has 0 spiro atoms. The van der Waals surface area contributed by atoms with Crippen molar-refractivity contribution in [3.05, 3.63) is 35.9 Å². The Kier molecular flexibility index (Phi) is 2.66. The average molecular weight is 150 g/mol. The molecule has 1 aromatic rings. The van der Waals surface area contributed by atoms with Crippen LogP contribution in [0.3, 0.4) is 0 Å². The molecule has 11 heavy (non-hydrogen) atoms. The molecule has 0 radical (unpaired) electrons. The quantitative estimate of drug-likeness (QED) is 0.476. The minimum atomic E-state index is 0. The molecule has 2 heteroatoms. The van der Waals surface area contributed by atoms with E-state index in [9.17, 15) is 0 Å². The Morgan fingerprint density at radius 1 is 1.36 bits per heavy atom. The number of hydrogen-bond acceptors (Lipinski definition) is 1. The van der Waals surface area contributed by atoms with E-state index in [4.69, 9.17) is 0 Å². The van der Waals surface area contributed by atoms with Gasteiger partial charge in [-0.3, -0.25) is 4.99 Å². The summed E-state index contributed by atoms with van der Waals surface area (Å²) >= 11 is 0.